The number of aldehydes is 1. The summed E-state index contributed by atoms with van der Waals surface area (Å²) in [4.78, 5) is 53.6. The van der Waals surface area contributed by atoms with Gasteiger partial charge in [-0.1, -0.05) is 43.9 Å². The summed E-state index contributed by atoms with van der Waals surface area (Å²) < 4.78 is 12.0. The summed E-state index contributed by atoms with van der Waals surface area (Å²) in [7, 11) is 1.84. The zero-order valence-corrected chi connectivity index (χ0v) is 35.5. The van der Waals surface area contributed by atoms with Crippen molar-refractivity contribution in [3.8, 4) is 17.2 Å². The number of nitrogens with two attached hydrogens (primary N) is 1. The average molecular weight is 829 g/mol. The molecule has 4 aliphatic rings. The third-order valence-corrected chi connectivity index (χ3v) is 12.4. The number of hydrogen-bond donors (Lipinski definition) is 2. The second-order valence-corrected chi connectivity index (χ2v) is 16.9. The molecule has 13 heteroatoms. The van der Waals surface area contributed by atoms with Crippen LogP contribution >= 0.6 is 0 Å². The van der Waals surface area contributed by atoms with E-state index in [1.54, 1.807) is 12.3 Å². The molecule has 13 nitrogen and oxygen atoms in total. The van der Waals surface area contributed by atoms with Crippen LogP contribution in [0.4, 0.5) is 0 Å². The Bertz CT molecular complexity index is 2090. The first-order chi connectivity index (χ1) is 29.7. The Balaban J connectivity index is 0.770. The number of nitrogens with one attached hydrogen (secondary N) is 1. The van der Waals surface area contributed by atoms with Crippen molar-refractivity contribution in [1.82, 2.24) is 24.9 Å². The third-order valence-electron chi connectivity index (χ3n) is 12.4. The van der Waals surface area contributed by atoms with E-state index in [1.807, 2.05) is 84.9 Å². The molecule has 0 saturated carbocycles. The highest BCUT2D eigenvalue weighted by molar-refractivity contribution is 6.04. The summed E-state index contributed by atoms with van der Waals surface area (Å²) in [5.41, 5.74) is 10.7. The molecule has 3 fully saturated rings. The SMILES string of the molecule is C=N/C(=C1/C(N)=NC=CN1CN1CCC2(CC1)CN(CCCCCCCCOc1ccc(C=O)c(CN(C)C3CCC(=O)NC3=O)c1)C2)c1ccc(Oc2ccccc2)cc1. The molecule has 0 radical (unpaired) electrons. The Morgan fingerprint density at radius 2 is 1.66 bits per heavy atom. The van der Waals surface area contributed by atoms with E-state index in [0.29, 0.717) is 55.2 Å². The largest absolute Gasteiger partial charge is 0.494 e. The molecule has 3 aromatic carbocycles. The molecule has 4 heterocycles. The number of amides is 2. The van der Waals surface area contributed by atoms with E-state index in [0.717, 1.165) is 66.3 Å². The molecule has 1 atom stereocenters. The number of rotatable bonds is 20. The van der Waals surface area contributed by atoms with Gasteiger partial charge in [0.15, 0.2) is 0 Å². The number of imide groups is 1. The van der Waals surface area contributed by atoms with Crippen LogP contribution in [0.2, 0.25) is 0 Å². The first-order valence-corrected chi connectivity index (χ1v) is 21.7. The molecule has 0 aliphatic carbocycles. The maximum Gasteiger partial charge on any atom is 0.243 e. The number of benzene rings is 3. The number of amidine groups is 1. The van der Waals surface area contributed by atoms with Gasteiger partial charge in [0.2, 0.25) is 11.8 Å². The van der Waals surface area contributed by atoms with Crippen LogP contribution in [0.3, 0.4) is 0 Å². The van der Waals surface area contributed by atoms with Gasteiger partial charge < -0.3 is 25.0 Å². The van der Waals surface area contributed by atoms with Crippen molar-refractivity contribution in [2.45, 2.75) is 76.8 Å². The van der Waals surface area contributed by atoms with Crippen molar-refractivity contribution >= 4 is 36.4 Å². The molecule has 1 unspecified atom stereocenters. The summed E-state index contributed by atoms with van der Waals surface area (Å²) in [6.45, 7) is 11.3. The van der Waals surface area contributed by atoms with Crippen LogP contribution < -0.4 is 20.5 Å². The van der Waals surface area contributed by atoms with E-state index in [9.17, 15) is 14.4 Å². The third kappa shape index (κ3) is 11.4. The number of likely N-dealkylation sites (tertiary alicyclic amines) is 2. The molecule has 7 rings (SSSR count). The second-order valence-electron chi connectivity index (χ2n) is 16.9. The van der Waals surface area contributed by atoms with E-state index in [1.165, 1.54) is 58.2 Å². The van der Waals surface area contributed by atoms with Crippen molar-refractivity contribution in [2.75, 3.05) is 53.0 Å². The normalized spacial score (nSPS) is 19.9. The molecule has 2 amide bonds. The second kappa shape index (κ2) is 20.8. The zero-order chi connectivity index (χ0) is 42.6. The maximum absolute atomic E-state index is 12.3. The van der Waals surface area contributed by atoms with Crippen molar-refractivity contribution in [1.29, 1.82) is 0 Å². The highest BCUT2D eigenvalue weighted by Gasteiger charge is 2.44. The quantitative estimate of drug-likeness (QED) is 0.0539. The fourth-order valence-corrected chi connectivity index (χ4v) is 8.96. The first-order valence-electron chi connectivity index (χ1n) is 21.7. The number of para-hydroxylation sites is 1. The van der Waals surface area contributed by atoms with Gasteiger partial charge in [-0.05, 0) is 118 Å². The number of piperidine rings is 2. The Morgan fingerprint density at radius 1 is 0.951 bits per heavy atom. The Hall–Kier alpha value is -5.63. The number of unbranched alkanes of at least 4 members (excludes halogenated alkanes) is 5. The molecule has 61 heavy (non-hydrogen) atoms. The van der Waals surface area contributed by atoms with Crippen LogP contribution in [0.25, 0.3) is 5.70 Å². The number of carbonyl (C=O) groups excluding carboxylic acids is 3. The molecule has 3 saturated heterocycles. The molecule has 1 spiro atoms. The lowest BCUT2D eigenvalue weighted by Gasteiger charge is -2.54. The minimum atomic E-state index is -0.402. The number of likely N-dealkylation sites (N-methyl/N-ethyl adjacent to an activating group) is 1. The van der Waals surface area contributed by atoms with Crippen molar-refractivity contribution in [3.63, 3.8) is 0 Å². The van der Waals surface area contributed by atoms with Gasteiger partial charge in [-0.15, -0.1) is 0 Å². The fourth-order valence-electron chi connectivity index (χ4n) is 8.96. The smallest absolute Gasteiger partial charge is 0.243 e. The van der Waals surface area contributed by atoms with Gasteiger partial charge in [-0.25, -0.2) is 4.99 Å². The van der Waals surface area contributed by atoms with Crippen molar-refractivity contribution < 1.29 is 23.9 Å². The van der Waals surface area contributed by atoms with Gasteiger partial charge in [-0.2, -0.15) is 0 Å². The maximum atomic E-state index is 12.3. The van der Waals surface area contributed by atoms with E-state index in [2.05, 4.69) is 36.7 Å². The summed E-state index contributed by atoms with van der Waals surface area (Å²) in [5, 5.41) is 2.41. The molecule has 0 aromatic heterocycles. The first kappa shape index (κ1) is 43.5. The lowest BCUT2D eigenvalue weighted by atomic mass is 9.72. The fraction of sp³-hybridized carbons (Fsp3) is 0.438. The van der Waals surface area contributed by atoms with Crippen LogP contribution in [-0.2, 0) is 16.1 Å². The molecule has 3 N–H and O–H groups in total. The van der Waals surface area contributed by atoms with Gasteiger partial charge in [-0.3, -0.25) is 34.5 Å². The monoisotopic (exact) mass is 828 g/mol. The van der Waals surface area contributed by atoms with E-state index in [4.69, 9.17) is 15.2 Å². The number of carbonyl (C=O) groups is 3. The van der Waals surface area contributed by atoms with Gasteiger partial charge in [0.05, 0.1) is 25.0 Å². The average Bonchev–Trinajstić information content (AvgIpc) is 3.25. The number of ether oxygens (including phenoxy) is 2. The topological polar surface area (TPSA) is 145 Å². The zero-order valence-electron chi connectivity index (χ0n) is 35.5. The molecule has 0 bridgehead atoms. The summed E-state index contributed by atoms with van der Waals surface area (Å²) in [6, 6.07) is 22.6. The minimum absolute atomic E-state index is 0.238. The lowest BCUT2D eigenvalue weighted by molar-refractivity contribution is -0.137. The van der Waals surface area contributed by atoms with Gasteiger partial charge in [0.1, 0.15) is 35.1 Å². The van der Waals surface area contributed by atoms with E-state index >= 15 is 0 Å². The van der Waals surface area contributed by atoms with Gasteiger partial charge >= 0.3 is 0 Å². The summed E-state index contributed by atoms with van der Waals surface area (Å²) in [5.74, 6) is 2.15. The Morgan fingerprint density at radius 3 is 2.38 bits per heavy atom. The minimum Gasteiger partial charge on any atom is -0.494 e. The molecule has 4 aliphatic heterocycles. The Labute approximate surface area is 360 Å². The predicted molar refractivity (Wildman–Crippen MR) is 239 cm³/mol. The predicted octanol–water partition coefficient (Wildman–Crippen LogP) is 6.82. The highest BCUT2D eigenvalue weighted by atomic mass is 16.5. The van der Waals surface area contributed by atoms with Crippen LogP contribution in [-0.4, -0.2) is 109 Å². The summed E-state index contributed by atoms with van der Waals surface area (Å²) >= 11 is 0. The molecule has 322 valence electrons. The van der Waals surface area contributed by atoms with Gasteiger partial charge in [0.25, 0.3) is 0 Å². The highest BCUT2D eigenvalue weighted by Crippen LogP contribution is 2.41. The van der Waals surface area contributed by atoms with E-state index in [-0.39, 0.29) is 11.8 Å². The van der Waals surface area contributed by atoms with Crippen LogP contribution in [0, 0.1) is 5.41 Å². The number of nitrogens with zero attached hydrogens (tertiary/aromatic N) is 6. The van der Waals surface area contributed by atoms with Crippen LogP contribution in [0.1, 0.15) is 85.7 Å². The van der Waals surface area contributed by atoms with Crippen LogP contribution in [0.15, 0.2) is 101 Å². The van der Waals surface area contributed by atoms with E-state index < -0.39 is 6.04 Å². The number of aliphatic imine (C=N–C) groups is 2. The summed E-state index contributed by atoms with van der Waals surface area (Å²) in [6.07, 6.45) is 14.7. The molecular formula is C48H60N8O5. The molecule has 3 aromatic rings. The van der Waals surface area contributed by atoms with Crippen molar-refractivity contribution in [2.24, 2.45) is 21.1 Å². The number of hydrogen-bond acceptors (Lipinski definition) is 12. The van der Waals surface area contributed by atoms with Crippen LogP contribution in [0.5, 0.6) is 17.2 Å². The van der Waals surface area contributed by atoms with Gasteiger partial charge in [0, 0.05) is 62.7 Å². The standard InChI is InChI=1S/C48H60N8O5/c1-50-44(36-14-17-40(18-15-36)61-39-12-8-7-9-13-39)45-46(49)51-24-28-56(45)35-54-26-22-48(23-27-54)33-55(34-48)25-10-5-3-4-6-11-29-60-41-19-16-37(32-57)38(30-41)31-53(2)42-20-21-43(58)52-47(42)59/h7-9,12-19,24,28,30,32,42H,1,3-6,10-11,20-23,25-27,29,31,33-35H2,2H3,(H2,49,51)(H,52,58,59)/b45-44-. The lowest BCUT2D eigenvalue weighted by Crippen LogP contribution is -2.60. The Kier molecular flexibility index (Phi) is 14.8. The molecular weight excluding hydrogens is 769 g/mol. The van der Waals surface area contributed by atoms with Crippen molar-refractivity contribution in [3.05, 3.63) is 108 Å².